The van der Waals surface area contributed by atoms with Crippen LogP contribution in [-0.4, -0.2) is 43.6 Å². The van der Waals surface area contributed by atoms with Crippen LogP contribution in [0.4, 0.5) is 0 Å². The van der Waals surface area contributed by atoms with Crippen molar-refractivity contribution >= 4 is 13.5 Å². The highest BCUT2D eigenvalue weighted by Gasteiger charge is 2.53. The smallest absolute Gasteiger partial charge is 0.405 e. The molecule has 0 bridgehead atoms. The van der Waals surface area contributed by atoms with E-state index in [2.05, 4.69) is 20.8 Å². The molecule has 1 amide bonds. The third kappa shape index (κ3) is 2.43. The van der Waals surface area contributed by atoms with Crippen molar-refractivity contribution in [1.29, 1.82) is 0 Å². The summed E-state index contributed by atoms with van der Waals surface area (Å²) in [5.74, 6) is 1.46. The Morgan fingerprint density at radius 1 is 1.50 bits per heavy atom. The Bertz CT molecular complexity index is 309. The lowest BCUT2D eigenvalue weighted by atomic mass is 9.64. The average Bonchev–Trinajstić information content (AvgIpc) is 2.53. The van der Waals surface area contributed by atoms with Crippen molar-refractivity contribution in [1.82, 2.24) is 4.90 Å². The molecule has 102 valence electrons. The van der Waals surface area contributed by atoms with Gasteiger partial charge in [0, 0.05) is 7.05 Å². The van der Waals surface area contributed by atoms with Crippen molar-refractivity contribution < 1.29 is 14.1 Å². The number of hydrogen-bond donors (Lipinski definition) is 0. The highest BCUT2D eigenvalue weighted by Crippen LogP contribution is 2.48. The summed E-state index contributed by atoms with van der Waals surface area (Å²) < 4.78 is 12.0. The molecule has 4 nitrogen and oxygen atoms in total. The van der Waals surface area contributed by atoms with E-state index in [-0.39, 0.29) is 18.8 Å². The van der Waals surface area contributed by atoms with Crippen molar-refractivity contribution in [2.24, 2.45) is 11.8 Å². The Hall–Kier alpha value is -0.545. The molecule has 2 rings (SSSR count). The maximum absolute atomic E-state index is 10.6. The van der Waals surface area contributed by atoms with Gasteiger partial charge in [0.15, 0.2) is 0 Å². The molecule has 0 N–H and O–H groups in total. The van der Waals surface area contributed by atoms with Crippen molar-refractivity contribution in [2.45, 2.75) is 51.7 Å². The van der Waals surface area contributed by atoms with Crippen molar-refractivity contribution in [3.8, 4) is 0 Å². The minimum absolute atomic E-state index is 0.102. The summed E-state index contributed by atoms with van der Waals surface area (Å²) in [5.41, 5.74) is -0.180. The summed E-state index contributed by atoms with van der Waals surface area (Å²) in [6.45, 7) is 6.50. The van der Waals surface area contributed by atoms with Crippen molar-refractivity contribution in [2.75, 3.05) is 13.5 Å². The van der Waals surface area contributed by atoms with Crippen LogP contribution < -0.4 is 0 Å². The molecule has 1 heterocycles. The average molecular weight is 253 g/mol. The predicted octanol–water partition coefficient (Wildman–Crippen LogP) is 1.73. The molecule has 1 saturated carbocycles. The summed E-state index contributed by atoms with van der Waals surface area (Å²) in [6, 6.07) is 0. The molecular weight excluding hydrogens is 229 g/mol. The first-order valence-corrected chi connectivity index (χ1v) is 6.98. The summed E-state index contributed by atoms with van der Waals surface area (Å²) in [4.78, 5) is 12.2. The maximum Gasteiger partial charge on any atom is 0.478 e. The largest absolute Gasteiger partial charge is 0.478 e. The fraction of sp³-hybridized carbons (Fsp3) is 0.923. The van der Waals surface area contributed by atoms with Crippen molar-refractivity contribution in [3.63, 3.8) is 0 Å². The predicted molar refractivity (Wildman–Crippen MR) is 71.0 cm³/mol. The molecule has 5 heteroatoms. The molecular formula is C13H24BNO3. The Morgan fingerprint density at radius 3 is 2.72 bits per heavy atom. The summed E-state index contributed by atoms with van der Waals surface area (Å²) in [6.07, 6.45) is 5.18. The topological polar surface area (TPSA) is 38.8 Å². The van der Waals surface area contributed by atoms with Crippen molar-refractivity contribution in [3.05, 3.63) is 0 Å². The first-order valence-electron chi connectivity index (χ1n) is 6.98. The second kappa shape index (κ2) is 5.21. The summed E-state index contributed by atoms with van der Waals surface area (Å²) in [5, 5.41) is 0. The zero-order valence-electron chi connectivity index (χ0n) is 11.9. The summed E-state index contributed by atoms with van der Waals surface area (Å²) >= 11 is 0. The lowest BCUT2D eigenvalue weighted by Gasteiger charge is -2.46. The molecule has 0 radical (unpaired) electrons. The Balaban J connectivity index is 1.91. The van der Waals surface area contributed by atoms with E-state index in [0.29, 0.717) is 12.4 Å². The van der Waals surface area contributed by atoms with Gasteiger partial charge in [-0.15, -0.1) is 0 Å². The molecule has 1 saturated heterocycles. The Labute approximate surface area is 110 Å². The lowest BCUT2D eigenvalue weighted by Crippen LogP contribution is -2.49. The molecule has 0 unspecified atom stereocenters. The van der Waals surface area contributed by atoms with E-state index < -0.39 is 0 Å². The van der Waals surface area contributed by atoms with Gasteiger partial charge in [0.1, 0.15) is 0 Å². The van der Waals surface area contributed by atoms with Crippen LogP contribution in [0, 0.1) is 11.8 Å². The second-order valence-electron chi connectivity index (χ2n) is 6.00. The minimum Gasteiger partial charge on any atom is -0.405 e. The Kier molecular flexibility index (Phi) is 4.02. The third-order valence-electron chi connectivity index (χ3n) is 4.79. The molecule has 0 spiro atoms. The number of carbonyl (C=O) groups is 1. The van der Waals surface area contributed by atoms with Crippen LogP contribution in [0.15, 0.2) is 0 Å². The number of hydrogen-bond acceptors (Lipinski definition) is 3. The van der Waals surface area contributed by atoms with E-state index in [1.165, 1.54) is 19.3 Å². The molecule has 0 aromatic heterocycles. The van der Waals surface area contributed by atoms with E-state index in [9.17, 15) is 4.79 Å². The molecule has 2 aliphatic rings. The first-order chi connectivity index (χ1) is 8.49. The van der Waals surface area contributed by atoms with E-state index in [1.807, 2.05) is 0 Å². The van der Waals surface area contributed by atoms with Gasteiger partial charge in [-0.05, 0) is 38.5 Å². The maximum atomic E-state index is 10.6. The second-order valence-corrected chi connectivity index (χ2v) is 6.00. The van der Waals surface area contributed by atoms with Crippen LogP contribution in [0.5, 0.6) is 0 Å². The van der Waals surface area contributed by atoms with Gasteiger partial charge < -0.3 is 14.2 Å². The molecule has 1 aliphatic carbocycles. The fourth-order valence-electron chi connectivity index (χ4n) is 3.09. The van der Waals surface area contributed by atoms with Gasteiger partial charge in [0.05, 0.1) is 18.1 Å². The molecule has 18 heavy (non-hydrogen) atoms. The SMILES string of the molecule is CCC1CC([C@]2(C)OB(CN(C)C=O)O[C@@H]2C)C1. The van der Waals surface area contributed by atoms with Gasteiger partial charge >= 0.3 is 7.12 Å². The fourth-order valence-corrected chi connectivity index (χ4v) is 3.09. The molecule has 1 aliphatic heterocycles. The number of nitrogens with zero attached hydrogens (tertiary/aromatic N) is 1. The third-order valence-corrected chi connectivity index (χ3v) is 4.79. The van der Waals surface area contributed by atoms with Crippen LogP contribution in [0.3, 0.4) is 0 Å². The number of rotatable bonds is 5. The summed E-state index contributed by atoms with van der Waals surface area (Å²) in [7, 11) is 1.47. The highest BCUT2D eigenvalue weighted by molar-refractivity contribution is 6.45. The normalized spacial score (nSPS) is 39.6. The van der Waals surface area contributed by atoms with E-state index in [0.717, 1.165) is 12.3 Å². The zero-order chi connectivity index (χ0) is 13.3. The lowest BCUT2D eigenvalue weighted by molar-refractivity contribution is -0.116. The zero-order valence-corrected chi connectivity index (χ0v) is 11.9. The number of amides is 1. The molecule has 0 aromatic carbocycles. The van der Waals surface area contributed by atoms with Crippen LogP contribution in [0.1, 0.15) is 40.0 Å². The first kappa shape index (κ1) is 13.9. The monoisotopic (exact) mass is 253 g/mol. The molecule has 2 atom stereocenters. The number of carbonyl (C=O) groups excluding carboxylic acids is 1. The van der Waals surface area contributed by atoms with E-state index in [1.54, 1.807) is 11.9 Å². The van der Waals surface area contributed by atoms with Gasteiger partial charge in [-0.25, -0.2) is 0 Å². The van der Waals surface area contributed by atoms with Gasteiger partial charge in [-0.2, -0.15) is 0 Å². The van der Waals surface area contributed by atoms with E-state index >= 15 is 0 Å². The minimum atomic E-state index is -0.277. The van der Waals surface area contributed by atoms with Crippen LogP contribution >= 0.6 is 0 Å². The van der Waals surface area contributed by atoms with Crippen LogP contribution in [0.25, 0.3) is 0 Å². The quantitative estimate of drug-likeness (QED) is 0.553. The van der Waals surface area contributed by atoms with Crippen LogP contribution in [-0.2, 0) is 14.1 Å². The standard InChI is InChI=1S/C13H24BNO3/c1-5-11-6-12(7-11)13(3)10(2)17-14(18-13)8-15(4)9-16/h9-12H,5-8H2,1-4H3/t10-,11?,12?,13-/m1/s1. The Morgan fingerprint density at radius 2 is 2.17 bits per heavy atom. The molecule has 0 aromatic rings. The van der Waals surface area contributed by atoms with Gasteiger partial charge in [0.2, 0.25) is 6.41 Å². The van der Waals surface area contributed by atoms with Gasteiger partial charge in [-0.3, -0.25) is 4.79 Å². The van der Waals surface area contributed by atoms with E-state index in [4.69, 9.17) is 9.31 Å². The van der Waals surface area contributed by atoms with Gasteiger partial charge in [-0.1, -0.05) is 13.3 Å². The molecule has 2 fully saturated rings. The highest BCUT2D eigenvalue weighted by atomic mass is 16.7. The van der Waals surface area contributed by atoms with Gasteiger partial charge in [0.25, 0.3) is 0 Å². The van der Waals surface area contributed by atoms with Crippen LogP contribution in [0.2, 0.25) is 0 Å².